The van der Waals surface area contributed by atoms with Gasteiger partial charge >= 0.3 is 0 Å². The van der Waals surface area contributed by atoms with E-state index in [0.717, 1.165) is 13.1 Å². The summed E-state index contributed by atoms with van der Waals surface area (Å²) in [5.41, 5.74) is 5.54. The molecule has 1 atom stereocenters. The first kappa shape index (κ1) is 14.9. The lowest BCUT2D eigenvalue weighted by Gasteiger charge is -2.23. The maximum atomic E-state index is 11.3. The van der Waals surface area contributed by atoms with Crippen LogP contribution in [0.2, 0.25) is 0 Å². The minimum atomic E-state index is -2.84. The lowest BCUT2D eigenvalue weighted by molar-refractivity contribution is 0.264. The summed E-state index contributed by atoms with van der Waals surface area (Å²) in [6.07, 6.45) is 0. The van der Waals surface area contributed by atoms with E-state index >= 15 is 0 Å². The highest BCUT2D eigenvalue weighted by Crippen LogP contribution is 1.99. The molecule has 0 radical (unpaired) electrons. The molecule has 0 aliphatic heterocycles. The van der Waals surface area contributed by atoms with Gasteiger partial charge in [0, 0.05) is 18.8 Å². The number of nitrogens with zero attached hydrogens (tertiary/aromatic N) is 1. The number of sulfone groups is 1. The molecule has 0 rings (SSSR count). The molecule has 0 aliphatic carbocycles. The Balaban J connectivity index is 4.01. The van der Waals surface area contributed by atoms with Crippen molar-refractivity contribution >= 4 is 9.84 Å². The summed E-state index contributed by atoms with van der Waals surface area (Å²) in [7, 11) is -2.84. The molecule has 0 amide bonds. The third-order valence-corrected chi connectivity index (χ3v) is 4.26. The van der Waals surface area contributed by atoms with Gasteiger partial charge in [0.2, 0.25) is 0 Å². The maximum absolute atomic E-state index is 11.3. The van der Waals surface area contributed by atoms with Crippen LogP contribution in [0.25, 0.3) is 0 Å². The second-order valence-electron chi connectivity index (χ2n) is 3.97. The molecule has 5 heteroatoms. The second kappa shape index (κ2) is 7.19. The molecule has 0 bridgehead atoms. The van der Waals surface area contributed by atoms with Gasteiger partial charge in [-0.25, -0.2) is 8.42 Å². The largest absolute Gasteiger partial charge is 0.330 e. The Labute approximate surface area is 93.7 Å². The molecule has 0 heterocycles. The van der Waals surface area contributed by atoms with Crippen molar-refractivity contribution in [2.24, 2.45) is 11.7 Å². The smallest absolute Gasteiger partial charge is 0.151 e. The van der Waals surface area contributed by atoms with Gasteiger partial charge in [0.25, 0.3) is 0 Å². The Morgan fingerprint density at radius 1 is 1.33 bits per heavy atom. The van der Waals surface area contributed by atoms with Gasteiger partial charge in [-0.2, -0.15) is 0 Å². The molecule has 0 saturated heterocycles. The summed E-state index contributed by atoms with van der Waals surface area (Å²) < 4.78 is 22.6. The summed E-state index contributed by atoms with van der Waals surface area (Å²) in [6, 6.07) is 0. The van der Waals surface area contributed by atoms with Gasteiger partial charge in [0.05, 0.1) is 5.75 Å². The van der Waals surface area contributed by atoms with Gasteiger partial charge in [-0.3, -0.25) is 0 Å². The van der Waals surface area contributed by atoms with Gasteiger partial charge in [-0.15, -0.1) is 0 Å². The minimum Gasteiger partial charge on any atom is -0.330 e. The second-order valence-corrected chi connectivity index (χ2v) is 6.44. The molecular weight excluding hydrogens is 212 g/mol. The first-order valence-electron chi connectivity index (χ1n) is 5.58. The van der Waals surface area contributed by atoms with Gasteiger partial charge in [0.1, 0.15) is 0 Å². The predicted molar refractivity (Wildman–Crippen MR) is 64.7 cm³/mol. The Hall–Kier alpha value is -0.130. The van der Waals surface area contributed by atoms with Crippen molar-refractivity contribution < 1.29 is 8.42 Å². The highest BCUT2D eigenvalue weighted by molar-refractivity contribution is 7.91. The molecule has 0 aromatic carbocycles. The van der Waals surface area contributed by atoms with Crippen molar-refractivity contribution in [1.82, 2.24) is 4.90 Å². The number of nitrogens with two attached hydrogens (primary N) is 1. The number of rotatable bonds is 8. The molecule has 0 saturated carbocycles. The average Bonchev–Trinajstić information content (AvgIpc) is 2.23. The van der Waals surface area contributed by atoms with Crippen molar-refractivity contribution in [3.8, 4) is 0 Å². The van der Waals surface area contributed by atoms with Crippen LogP contribution in [0.5, 0.6) is 0 Å². The predicted octanol–water partition coefficient (Wildman–Crippen LogP) is 0.338. The van der Waals surface area contributed by atoms with Crippen molar-refractivity contribution in [3.63, 3.8) is 0 Å². The van der Waals surface area contributed by atoms with Gasteiger partial charge in [-0.1, -0.05) is 20.8 Å². The molecule has 2 N–H and O–H groups in total. The summed E-state index contributed by atoms with van der Waals surface area (Å²) in [4.78, 5) is 2.14. The zero-order chi connectivity index (χ0) is 11.9. The fourth-order valence-corrected chi connectivity index (χ4v) is 2.13. The van der Waals surface area contributed by atoms with Crippen LogP contribution in [0.1, 0.15) is 20.8 Å². The maximum Gasteiger partial charge on any atom is 0.151 e. The summed E-state index contributed by atoms with van der Waals surface area (Å²) in [5, 5.41) is 0. The average molecular weight is 236 g/mol. The van der Waals surface area contributed by atoms with Crippen molar-refractivity contribution in [3.05, 3.63) is 0 Å². The lowest BCUT2D eigenvalue weighted by Crippen LogP contribution is -2.35. The number of hydrogen-bond donors (Lipinski definition) is 1. The zero-order valence-corrected chi connectivity index (χ0v) is 10.9. The molecule has 0 spiro atoms. The molecular formula is C10H24N2O2S. The van der Waals surface area contributed by atoms with E-state index in [1.54, 1.807) is 6.92 Å². The van der Waals surface area contributed by atoms with E-state index in [1.165, 1.54) is 0 Å². The highest BCUT2D eigenvalue weighted by Gasteiger charge is 2.12. The molecule has 0 aromatic heterocycles. The summed E-state index contributed by atoms with van der Waals surface area (Å²) >= 11 is 0. The minimum absolute atomic E-state index is 0.233. The van der Waals surface area contributed by atoms with E-state index in [-0.39, 0.29) is 11.5 Å². The monoisotopic (exact) mass is 236 g/mol. The molecule has 0 aliphatic rings. The summed E-state index contributed by atoms with van der Waals surface area (Å²) in [6.45, 7) is 8.84. The molecule has 15 heavy (non-hydrogen) atoms. The van der Waals surface area contributed by atoms with E-state index in [2.05, 4.69) is 11.8 Å². The Kier molecular flexibility index (Phi) is 7.13. The first-order valence-corrected chi connectivity index (χ1v) is 7.40. The third-order valence-electron chi connectivity index (χ3n) is 2.58. The fourth-order valence-electron chi connectivity index (χ4n) is 1.31. The van der Waals surface area contributed by atoms with Crippen LogP contribution < -0.4 is 5.73 Å². The Morgan fingerprint density at radius 2 is 1.93 bits per heavy atom. The third kappa shape index (κ3) is 6.87. The van der Waals surface area contributed by atoms with Crippen molar-refractivity contribution in [1.29, 1.82) is 0 Å². The van der Waals surface area contributed by atoms with Crippen LogP contribution in [-0.2, 0) is 9.84 Å². The van der Waals surface area contributed by atoms with Crippen LogP contribution in [0, 0.1) is 5.92 Å². The highest BCUT2D eigenvalue weighted by atomic mass is 32.2. The topological polar surface area (TPSA) is 63.4 Å². The van der Waals surface area contributed by atoms with Crippen LogP contribution in [-0.4, -0.2) is 51.0 Å². The summed E-state index contributed by atoms with van der Waals surface area (Å²) in [5.74, 6) is 0.917. The lowest BCUT2D eigenvalue weighted by atomic mass is 10.2. The van der Waals surface area contributed by atoms with E-state index in [9.17, 15) is 8.42 Å². The Bertz CT molecular complexity index is 252. The molecule has 4 nitrogen and oxygen atoms in total. The van der Waals surface area contributed by atoms with Crippen molar-refractivity contribution in [2.75, 3.05) is 37.7 Å². The first-order chi connectivity index (χ1) is 6.95. The Morgan fingerprint density at radius 3 is 2.33 bits per heavy atom. The normalized spacial score (nSPS) is 14.5. The van der Waals surface area contributed by atoms with Gasteiger partial charge in [0.15, 0.2) is 9.84 Å². The zero-order valence-electron chi connectivity index (χ0n) is 10.1. The van der Waals surface area contributed by atoms with Crippen LogP contribution in [0.4, 0.5) is 0 Å². The van der Waals surface area contributed by atoms with E-state index in [0.29, 0.717) is 19.0 Å². The molecule has 1 unspecified atom stereocenters. The fraction of sp³-hybridized carbons (Fsp3) is 1.00. The van der Waals surface area contributed by atoms with Crippen LogP contribution in [0.15, 0.2) is 0 Å². The standard InChI is InChI=1S/C10H24N2O2S/c1-4-12(9-10(3)8-11)6-7-15(13,14)5-2/h10H,4-9,11H2,1-3H3. The van der Waals surface area contributed by atoms with Crippen LogP contribution >= 0.6 is 0 Å². The van der Waals surface area contributed by atoms with Gasteiger partial charge < -0.3 is 10.6 Å². The quantitative estimate of drug-likeness (QED) is 0.660. The number of hydrogen-bond acceptors (Lipinski definition) is 4. The van der Waals surface area contributed by atoms with E-state index in [4.69, 9.17) is 5.73 Å². The van der Waals surface area contributed by atoms with E-state index < -0.39 is 9.84 Å². The van der Waals surface area contributed by atoms with E-state index in [1.807, 2.05) is 6.92 Å². The molecule has 0 fully saturated rings. The van der Waals surface area contributed by atoms with Crippen molar-refractivity contribution in [2.45, 2.75) is 20.8 Å². The van der Waals surface area contributed by atoms with Gasteiger partial charge in [-0.05, 0) is 19.0 Å². The van der Waals surface area contributed by atoms with Crippen LogP contribution in [0.3, 0.4) is 0 Å². The SMILES string of the molecule is CCN(CCS(=O)(=O)CC)CC(C)CN. The molecule has 0 aromatic rings. The molecule has 92 valence electrons.